The summed E-state index contributed by atoms with van der Waals surface area (Å²) in [5, 5.41) is 4.66. The molecule has 0 spiro atoms. The smallest absolute Gasteiger partial charge is 0.418 e. The van der Waals surface area contributed by atoms with Crippen molar-refractivity contribution in [3.8, 4) is 0 Å². The van der Waals surface area contributed by atoms with Crippen LogP contribution < -0.4 is 10.6 Å². The first-order valence-corrected chi connectivity index (χ1v) is 7.62. The van der Waals surface area contributed by atoms with Crippen LogP contribution in [-0.4, -0.2) is 11.8 Å². The van der Waals surface area contributed by atoms with E-state index in [1.54, 1.807) is 0 Å². The van der Waals surface area contributed by atoms with Gasteiger partial charge in [0, 0.05) is 11.6 Å². The molecule has 1 aromatic heterocycles. The van der Waals surface area contributed by atoms with Crippen molar-refractivity contribution in [1.82, 2.24) is 0 Å². The quantitative estimate of drug-likeness (QED) is 0.868. The van der Waals surface area contributed by atoms with Crippen molar-refractivity contribution in [2.24, 2.45) is 11.8 Å². The second-order valence-electron chi connectivity index (χ2n) is 6.00. The Balaban J connectivity index is 1.82. The van der Waals surface area contributed by atoms with E-state index in [-0.39, 0.29) is 29.0 Å². The maximum Gasteiger partial charge on any atom is 0.418 e. The van der Waals surface area contributed by atoms with Gasteiger partial charge in [-0.1, -0.05) is 6.92 Å². The number of halogens is 3. The Morgan fingerprint density at radius 1 is 1.20 bits per heavy atom. The van der Waals surface area contributed by atoms with E-state index in [1.165, 1.54) is 24.5 Å². The van der Waals surface area contributed by atoms with Gasteiger partial charge in [-0.25, -0.2) is 0 Å². The van der Waals surface area contributed by atoms with Gasteiger partial charge in [0.2, 0.25) is 5.91 Å². The molecule has 0 bridgehead atoms. The van der Waals surface area contributed by atoms with E-state index in [1.807, 2.05) is 6.92 Å². The molecule has 0 unspecified atom stereocenters. The highest BCUT2D eigenvalue weighted by Crippen LogP contribution is 2.41. The standard InChI is InChI=1S/C17H15F3N2O3/c1-9-7-11(9)15(23)22-13-5-4-10(8-12(13)17(18,19)20)21-16(24)14-3-2-6-25-14/h2-6,8-9,11H,7H2,1H3,(H,21,24)(H,22,23)/t9-,11-/m1/s1. The summed E-state index contributed by atoms with van der Waals surface area (Å²) in [7, 11) is 0. The van der Waals surface area contributed by atoms with E-state index < -0.39 is 23.6 Å². The molecule has 1 saturated carbocycles. The third kappa shape index (κ3) is 3.84. The summed E-state index contributed by atoms with van der Waals surface area (Å²) in [6.07, 6.45) is -2.72. The van der Waals surface area contributed by atoms with Crippen molar-refractivity contribution in [3.63, 3.8) is 0 Å². The first kappa shape index (κ1) is 17.1. The summed E-state index contributed by atoms with van der Waals surface area (Å²) in [6, 6.07) is 6.10. The number of benzene rings is 1. The van der Waals surface area contributed by atoms with Crippen molar-refractivity contribution in [2.75, 3.05) is 10.6 Å². The second-order valence-corrected chi connectivity index (χ2v) is 6.00. The first-order chi connectivity index (χ1) is 11.8. The van der Waals surface area contributed by atoms with Crippen molar-refractivity contribution in [2.45, 2.75) is 19.5 Å². The number of carbonyl (C=O) groups is 2. The zero-order valence-electron chi connectivity index (χ0n) is 13.2. The van der Waals surface area contributed by atoms with Crippen molar-refractivity contribution in [1.29, 1.82) is 0 Å². The first-order valence-electron chi connectivity index (χ1n) is 7.62. The highest BCUT2D eigenvalue weighted by Gasteiger charge is 2.40. The summed E-state index contributed by atoms with van der Waals surface area (Å²) < 4.78 is 44.8. The van der Waals surface area contributed by atoms with Gasteiger partial charge in [-0.2, -0.15) is 13.2 Å². The lowest BCUT2D eigenvalue weighted by molar-refractivity contribution is -0.136. The number of alkyl halides is 3. The highest BCUT2D eigenvalue weighted by molar-refractivity contribution is 6.02. The number of anilines is 2. The van der Waals surface area contributed by atoms with E-state index in [0.717, 1.165) is 12.1 Å². The fourth-order valence-electron chi connectivity index (χ4n) is 2.48. The zero-order chi connectivity index (χ0) is 18.2. The second kappa shape index (κ2) is 6.27. The molecule has 1 aliphatic rings. The van der Waals surface area contributed by atoms with Gasteiger partial charge >= 0.3 is 6.18 Å². The van der Waals surface area contributed by atoms with Crippen LogP contribution >= 0.6 is 0 Å². The fraction of sp³-hybridized carbons (Fsp3) is 0.294. The number of carbonyl (C=O) groups excluding carboxylic acids is 2. The van der Waals surface area contributed by atoms with Crippen LogP contribution in [0.3, 0.4) is 0 Å². The molecule has 5 nitrogen and oxygen atoms in total. The Labute approximate surface area is 141 Å². The van der Waals surface area contributed by atoms with Crippen LogP contribution in [0.5, 0.6) is 0 Å². The van der Waals surface area contributed by atoms with E-state index in [0.29, 0.717) is 6.42 Å². The SMILES string of the molecule is C[C@@H]1C[C@H]1C(=O)Nc1ccc(NC(=O)c2ccco2)cc1C(F)(F)F. The molecule has 2 N–H and O–H groups in total. The van der Waals surface area contributed by atoms with Crippen LogP contribution in [-0.2, 0) is 11.0 Å². The van der Waals surface area contributed by atoms with Gasteiger partial charge in [-0.3, -0.25) is 9.59 Å². The molecule has 132 valence electrons. The fourth-order valence-corrected chi connectivity index (χ4v) is 2.48. The van der Waals surface area contributed by atoms with Crippen molar-refractivity contribution >= 4 is 23.2 Å². The zero-order valence-corrected chi connectivity index (χ0v) is 13.2. The molecule has 3 rings (SSSR count). The predicted octanol–water partition coefficient (Wildman–Crippen LogP) is 4.15. The van der Waals surface area contributed by atoms with Crippen molar-refractivity contribution in [3.05, 3.63) is 47.9 Å². The molecule has 0 saturated heterocycles. The Morgan fingerprint density at radius 3 is 2.48 bits per heavy atom. The third-order valence-corrected chi connectivity index (χ3v) is 4.03. The van der Waals surface area contributed by atoms with Crippen LogP contribution in [0.25, 0.3) is 0 Å². The average Bonchev–Trinajstić information content (AvgIpc) is 3.04. The minimum absolute atomic E-state index is 0.0198. The Morgan fingerprint density at radius 2 is 1.92 bits per heavy atom. The van der Waals surface area contributed by atoms with E-state index in [9.17, 15) is 22.8 Å². The molecule has 1 heterocycles. The molecule has 25 heavy (non-hydrogen) atoms. The van der Waals surface area contributed by atoms with Crippen LogP contribution in [0.2, 0.25) is 0 Å². The van der Waals surface area contributed by atoms with Gasteiger partial charge < -0.3 is 15.1 Å². The van der Waals surface area contributed by atoms with Gasteiger partial charge in [0.15, 0.2) is 5.76 Å². The van der Waals surface area contributed by atoms with Gasteiger partial charge in [-0.05, 0) is 42.7 Å². The largest absolute Gasteiger partial charge is 0.459 e. The lowest BCUT2D eigenvalue weighted by Gasteiger charge is -2.15. The molecule has 1 fully saturated rings. The lowest BCUT2D eigenvalue weighted by Crippen LogP contribution is -2.19. The molecule has 8 heteroatoms. The Bertz CT molecular complexity index is 800. The number of nitrogens with one attached hydrogen (secondary N) is 2. The number of amides is 2. The van der Waals surface area contributed by atoms with Crippen molar-refractivity contribution < 1.29 is 27.2 Å². The van der Waals surface area contributed by atoms with E-state index >= 15 is 0 Å². The lowest BCUT2D eigenvalue weighted by atomic mass is 10.1. The van der Waals surface area contributed by atoms with Gasteiger partial charge in [-0.15, -0.1) is 0 Å². The summed E-state index contributed by atoms with van der Waals surface area (Å²) in [5.74, 6) is -1.18. The van der Waals surface area contributed by atoms with Crippen LogP contribution in [0.15, 0.2) is 41.0 Å². The summed E-state index contributed by atoms with van der Waals surface area (Å²) in [6.45, 7) is 1.86. The molecular formula is C17H15F3N2O3. The Hall–Kier alpha value is -2.77. The topological polar surface area (TPSA) is 71.3 Å². The molecule has 0 aliphatic heterocycles. The summed E-state index contributed by atoms with van der Waals surface area (Å²) in [5.41, 5.74) is -1.40. The normalized spacial score (nSPS) is 19.4. The molecule has 1 aliphatic carbocycles. The molecule has 0 radical (unpaired) electrons. The molecule has 2 aromatic rings. The van der Waals surface area contributed by atoms with Gasteiger partial charge in [0.25, 0.3) is 5.91 Å². The predicted molar refractivity (Wildman–Crippen MR) is 84.0 cm³/mol. The summed E-state index contributed by atoms with van der Waals surface area (Å²) >= 11 is 0. The van der Waals surface area contributed by atoms with Gasteiger partial charge in [0.05, 0.1) is 17.5 Å². The van der Waals surface area contributed by atoms with Crippen LogP contribution in [0.4, 0.5) is 24.5 Å². The molecule has 2 atom stereocenters. The van der Waals surface area contributed by atoms with E-state index in [4.69, 9.17) is 4.42 Å². The maximum absolute atomic E-state index is 13.3. The number of rotatable bonds is 4. The Kier molecular flexibility index (Phi) is 4.28. The molecular weight excluding hydrogens is 337 g/mol. The minimum Gasteiger partial charge on any atom is -0.459 e. The van der Waals surface area contributed by atoms with Crippen LogP contribution in [0, 0.1) is 11.8 Å². The molecule has 1 aromatic carbocycles. The average molecular weight is 352 g/mol. The monoisotopic (exact) mass is 352 g/mol. The third-order valence-electron chi connectivity index (χ3n) is 4.03. The van der Waals surface area contributed by atoms with Gasteiger partial charge in [0.1, 0.15) is 0 Å². The highest BCUT2D eigenvalue weighted by atomic mass is 19.4. The van der Waals surface area contributed by atoms with Crippen LogP contribution in [0.1, 0.15) is 29.5 Å². The minimum atomic E-state index is -4.68. The maximum atomic E-state index is 13.3. The summed E-state index contributed by atoms with van der Waals surface area (Å²) in [4.78, 5) is 23.8. The van der Waals surface area contributed by atoms with E-state index in [2.05, 4.69) is 10.6 Å². The molecule has 2 amide bonds. The number of furan rings is 1. The number of hydrogen-bond acceptors (Lipinski definition) is 3. The number of hydrogen-bond donors (Lipinski definition) is 2.